The molecule has 0 aliphatic heterocycles. The van der Waals surface area contributed by atoms with E-state index in [-0.39, 0.29) is 20.1 Å². The molecule has 1 aliphatic carbocycles. The van der Waals surface area contributed by atoms with Crippen LogP contribution in [0.4, 0.5) is 0 Å². The normalized spacial score (nSPS) is 13.5. The fourth-order valence-electron chi connectivity index (χ4n) is 6.18. The Morgan fingerprint density at radius 2 is 1.70 bits per heavy atom. The predicted molar refractivity (Wildman–Crippen MR) is 180 cm³/mol. The first kappa shape index (κ1) is 32.3. The summed E-state index contributed by atoms with van der Waals surface area (Å²) >= 11 is -1.87. The number of aromatic nitrogens is 3. The molecule has 1 aliphatic rings. The van der Waals surface area contributed by atoms with Gasteiger partial charge in [0.25, 0.3) is 0 Å². The number of benzene rings is 2. The van der Waals surface area contributed by atoms with E-state index in [0.717, 1.165) is 50.5 Å². The zero-order valence-corrected chi connectivity index (χ0v) is 30.7. The van der Waals surface area contributed by atoms with Crippen molar-refractivity contribution in [2.45, 2.75) is 63.2 Å². The van der Waals surface area contributed by atoms with Crippen LogP contribution in [-0.4, -0.2) is 28.2 Å². The van der Waals surface area contributed by atoms with Crippen LogP contribution in [0.25, 0.3) is 44.6 Å². The molecule has 6 aromatic rings. The molecular weight excluding hydrogens is 779 g/mol. The van der Waals surface area contributed by atoms with Gasteiger partial charge in [0.2, 0.25) is 5.71 Å². The summed E-state index contributed by atoms with van der Waals surface area (Å²) in [6, 6.07) is 29.0. The molecule has 7 rings (SSSR count). The van der Waals surface area contributed by atoms with E-state index in [1.165, 1.54) is 37.7 Å². The van der Waals surface area contributed by atoms with Gasteiger partial charge >= 0.3 is 137 Å². The smallest absolute Gasteiger partial charge is 0 e. The van der Waals surface area contributed by atoms with Crippen molar-refractivity contribution in [3.05, 3.63) is 108 Å². The van der Waals surface area contributed by atoms with E-state index in [0.29, 0.717) is 5.71 Å². The van der Waals surface area contributed by atoms with Crippen LogP contribution in [0.2, 0.25) is 17.3 Å². The summed E-state index contributed by atoms with van der Waals surface area (Å²) in [6.45, 7) is 4.02. The Labute approximate surface area is 277 Å². The first-order chi connectivity index (χ1) is 20.8. The van der Waals surface area contributed by atoms with Crippen molar-refractivity contribution in [2.24, 2.45) is 5.92 Å². The zero-order chi connectivity index (χ0) is 30.0. The monoisotopic (exact) mass is 820 g/mol. The third-order valence-corrected chi connectivity index (χ3v) is 12.7. The van der Waals surface area contributed by atoms with Crippen molar-refractivity contribution < 1.29 is 24.5 Å². The van der Waals surface area contributed by atoms with Gasteiger partial charge in [-0.3, -0.25) is 0 Å². The zero-order valence-electron chi connectivity index (χ0n) is 26.2. The Hall–Kier alpha value is -3.12. The molecule has 0 N–H and O–H groups in total. The summed E-state index contributed by atoms with van der Waals surface area (Å²) in [4.78, 5) is 13.7. The molecule has 2 aromatic carbocycles. The Kier molecular flexibility index (Phi) is 10.2. The fraction of sp³-hybridized carbons (Fsp3) is 0.289. The molecule has 227 valence electrons. The first-order valence-corrected chi connectivity index (χ1v) is 22.7. The van der Waals surface area contributed by atoms with Gasteiger partial charge in [-0.05, 0) is 31.7 Å². The second-order valence-corrected chi connectivity index (χ2v) is 23.4. The summed E-state index contributed by atoms with van der Waals surface area (Å²) < 4.78 is 7.46. The molecule has 4 heterocycles. The quantitative estimate of drug-likeness (QED) is 0.129. The average molecular weight is 819 g/mol. The summed E-state index contributed by atoms with van der Waals surface area (Å²) in [6.07, 6.45) is 10.9. The second kappa shape index (κ2) is 13.9. The van der Waals surface area contributed by atoms with Crippen LogP contribution in [0.5, 0.6) is 0 Å². The Balaban J connectivity index is 0.000000171. The number of fused-ring (bicyclic) bond motifs is 3. The van der Waals surface area contributed by atoms with E-state index in [1.54, 1.807) is 9.96 Å². The molecule has 4 aromatic heterocycles. The van der Waals surface area contributed by atoms with Gasteiger partial charge in [0, 0.05) is 37.4 Å². The Morgan fingerprint density at radius 3 is 2.43 bits per heavy atom. The van der Waals surface area contributed by atoms with Crippen molar-refractivity contribution in [1.29, 1.82) is 0 Å². The van der Waals surface area contributed by atoms with Crippen molar-refractivity contribution in [2.75, 3.05) is 0 Å². The Bertz CT molecular complexity index is 1870. The van der Waals surface area contributed by atoms with Gasteiger partial charge in [-0.25, -0.2) is 4.98 Å². The topological polar surface area (TPSA) is 51.8 Å². The first-order valence-electron chi connectivity index (χ1n) is 15.4. The predicted octanol–water partition coefficient (Wildman–Crippen LogP) is 9.28. The molecule has 0 atom stereocenters. The van der Waals surface area contributed by atoms with Crippen LogP contribution in [0.3, 0.4) is 0 Å². The van der Waals surface area contributed by atoms with E-state index < -0.39 is 13.3 Å². The van der Waals surface area contributed by atoms with E-state index in [2.05, 4.69) is 82.8 Å². The molecule has 4 nitrogen and oxygen atoms in total. The van der Waals surface area contributed by atoms with Gasteiger partial charge < -0.3 is 9.40 Å². The largest absolute Gasteiger partial charge is 0 e. The van der Waals surface area contributed by atoms with E-state index in [4.69, 9.17) is 9.40 Å². The van der Waals surface area contributed by atoms with E-state index >= 15 is 0 Å². The number of rotatable bonds is 5. The van der Waals surface area contributed by atoms with Gasteiger partial charge in [0.1, 0.15) is 0 Å². The van der Waals surface area contributed by atoms with Crippen LogP contribution >= 0.6 is 0 Å². The maximum Gasteiger partial charge on any atom is 0 e. The SMILES string of the molecule is Cc1ccnc(-c2[c-]ccc3oc4nc(C)ccc4c23)c1.[CH3][Ge]([CH3])([CH3])[c]1cnc(-c2[c-]cccc2)cc1CC1CCCC1.[Ir]. The van der Waals surface area contributed by atoms with Crippen molar-refractivity contribution in [1.82, 2.24) is 15.0 Å². The fourth-order valence-corrected chi connectivity index (χ4v) is 9.51. The van der Waals surface area contributed by atoms with Crippen molar-refractivity contribution in [3.63, 3.8) is 0 Å². The van der Waals surface area contributed by atoms with Crippen LogP contribution < -0.4 is 4.40 Å². The van der Waals surface area contributed by atoms with Gasteiger partial charge in [-0.2, -0.15) is 0 Å². The minimum absolute atomic E-state index is 0. The summed E-state index contributed by atoms with van der Waals surface area (Å²) in [5, 5.41) is 2.03. The molecule has 0 amide bonds. The number of hydrogen-bond donors (Lipinski definition) is 0. The third kappa shape index (κ3) is 7.22. The number of hydrogen-bond acceptors (Lipinski definition) is 4. The molecule has 6 heteroatoms. The molecule has 0 saturated heterocycles. The van der Waals surface area contributed by atoms with E-state index in [1.807, 2.05) is 49.5 Å². The minimum atomic E-state index is -1.87. The maximum absolute atomic E-state index is 5.87. The maximum atomic E-state index is 5.87. The summed E-state index contributed by atoms with van der Waals surface area (Å²) in [5.41, 5.74) is 9.24. The standard InChI is InChI=1S/C20H26GeN.C18H13N2O.Ir/c1-21(2,3)19-15-22-20(17-11-5-4-6-12-17)14-18(19)13-16-9-7-8-10-16;1-11-8-9-19-15(10-11)13-4-3-5-16-17(13)14-7-6-12(2)20-18(14)21-16;/h4-6,11,14-16H,7-10,13H2,1-3H3;3,5-10H,1-2H3;/q2*-1;. The third-order valence-electron chi connectivity index (χ3n) is 8.37. The van der Waals surface area contributed by atoms with Crippen molar-refractivity contribution >= 4 is 39.7 Å². The molecule has 0 spiro atoms. The molecule has 1 radical (unpaired) electrons. The van der Waals surface area contributed by atoms with Crippen LogP contribution in [0, 0.1) is 31.9 Å². The van der Waals surface area contributed by atoms with E-state index in [9.17, 15) is 0 Å². The number of furan rings is 1. The van der Waals surface area contributed by atoms with Gasteiger partial charge in [-0.15, -0.1) is 17.7 Å². The number of pyridine rings is 3. The molecule has 1 fully saturated rings. The molecule has 1 saturated carbocycles. The van der Waals surface area contributed by atoms with Crippen LogP contribution in [-0.2, 0) is 26.5 Å². The minimum Gasteiger partial charge on any atom is 0 e. The average Bonchev–Trinajstić information content (AvgIpc) is 3.64. The van der Waals surface area contributed by atoms with Crippen LogP contribution in [0.1, 0.15) is 42.5 Å². The number of aryl methyl sites for hydroxylation is 2. The van der Waals surface area contributed by atoms with Crippen molar-refractivity contribution in [3.8, 4) is 22.5 Å². The number of nitrogens with zero attached hydrogens (tertiary/aromatic N) is 3. The molecule has 0 unspecified atom stereocenters. The Morgan fingerprint density at radius 1 is 0.886 bits per heavy atom. The summed E-state index contributed by atoms with van der Waals surface area (Å²) in [5.74, 6) is 8.31. The molecule has 44 heavy (non-hydrogen) atoms. The second-order valence-electron chi connectivity index (χ2n) is 12.8. The molecule has 0 bridgehead atoms. The van der Waals surface area contributed by atoms with Crippen LogP contribution in [0.15, 0.2) is 83.5 Å². The van der Waals surface area contributed by atoms with Gasteiger partial charge in [0.15, 0.2) is 0 Å². The summed E-state index contributed by atoms with van der Waals surface area (Å²) in [7, 11) is 0. The van der Waals surface area contributed by atoms with Gasteiger partial charge in [-0.1, -0.05) is 29.1 Å². The van der Waals surface area contributed by atoms with Gasteiger partial charge in [0.05, 0.1) is 5.58 Å². The molecular formula is C38H39GeIrN3O-2.